The van der Waals surface area contributed by atoms with Crippen molar-refractivity contribution in [2.24, 2.45) is 0 Å². The monoisotopic (exact) mass is 589 g/mol. The predicted molar refractivity (Wildman–Crippen MR) is 153 cm³/mol. The van der Waals surface area contributed by atoms with Crippen LogP contribution in [0, 0.1) is 0 Å². The topological polar surface area (TPSA) is 122 Å². The molecule has 40 heavy (non-hydrogen) atoms. The van der Waals surface area contributed by atoms with Crippen molar-refractivity contribution in [3.05, 3.63) is 64.1 Å². The molecule has 0 radical (unpaired) electrons. The minimum absolute atomic E-state index is 0.0433. The maximum absolute atomic E-state index is 13.6. The number of carbonyl (C=O) groups excluding carboxylic acids is 3. The molecule has 4 rings (SSSR count). The van der Waals surface area contributed by atoms with Crippen LogP contribution >= 0.6 is 23.2 Å². The third-order valence-electron chi connectivity index (χ3n) is 7.55. The van der Waals surface area contributed by atoms with Gasteiger partial charge in [0.25, 0.3) is 5.91 Å². The lowest BCUT2D eigenvalue weighted by Crippen LogP contribution is -2.61. The minimum atomic E-state index is -1.44. The molecule has 214 valence electrons. The van der Waals surface area contributed by atoms with E-state index in [2.05, 4.69) is 15.5 Å². The standard InChI is InChI=1S/C28H33Cl2N5O5/c1-3-14-34-17-35(19-8-5-4-6-9-19)28(26(34)39)12-15-33(16-13-28)27(40)31-18(2)23(25(37)38)32-24(36)22-20(29)10-7-11-21(22)30/h4-11,18,23H,3,12-17H2,1-2H3,(H,31,40)(H,32,36)(H,37,38). The number of halogens is 2. The molecule has 12 heteroatoms. The lowest BCUT2D eigenvalue weighted by atomic mass is 9.85. The Morgan fingerprint density at radius 3 is 2.20 bits per heavy atom. The Morgan fingerprint density at radius 1 is 1.00 bits per heavy atom. The van der Waals surface area contributed by atoms with Crippen molar-refractivity contribution < 1.29 is 24.3 Å². The van der Waals surface area contributed by atoms with Gasteiger partial charge in [0.15, 0.2) is 0 Å². The number of likely N-dealkylation sites (tertiary alicyclic amines) is 1. The van der Waals surface area contributed by atoms with Crippen LogP contribution in [0.2, 0.25) is 10.0 Å². The minimum Gasteiger partial charge on any atom is -0.480 e. The van der Waals surface area contributed by atoms with Crippen molar-refractivity contribution in [2.75, 3.05) is 31.2 Å². The van der Waals surface area contributed by atoms with Gasteiger partial charge in [0, 0.05) is 25.3 Å². The van der Waals surface area contributed by atoms with Gasteiger partial charge in [-0.15, -0.1) is 0 Å². The summed E-state index contributed by atoms with van der Waals surface area (Å²) in [5, 5.41) is 15.0. The summed E-state index contributed by atoms with van der Waals surface area (Å²) in [6.45, 7) is 5.31. The van der Waals surface area contributed by atoms with E-state index in [1.165, 1.54) is 19.1 Å². The first-order valence-electron chi connectivity index (χ1n) is 13.2. The number of hydrogen-bond donors (Lipinski definition) is 3. The number of amides is 4. The molecule has 3 N–H and O–H groups in total. The zero-order chi connectivity index (χ0) is 29.0. The van der Waals surface area contributed by atoms with E-state index in [0.717, 1.165) is 12.1 Å². The van der Waals surface area contributed by atoms with Crippen LogP contribution < -0.4 is 15.5 Å². The molecule has 0 saturated carbocycles. The largest absolute Gasteiger partial charge is 0.480 e. The van der Waals surface area contributed by atoms with Gasteiger partial charge in [-0.25, -0.2) is 9.59 Å². The van der Waals surface area contributed by atoms with E-state index in [-0.39, 0.29) is 21.5 Å². The zero-order valence-corrected chi connectivity index (χ0v) is 23.9. The average molecular weight is 591 g/mol. The zero-order valence-electron chi connectivity index (χ0n) is 22.4. The number of nitrogens with one attached hydrogen (secondary N) is 2. The van der Waals surface area contributed by atoms with Crippen molar-refractivity contribution in [1.82, 2.24) is 20.4 Å². The molecular formula is C28H33Cl2N5O5. The number of carboxylic acids is 1. The Kier molecular flexibility index (Phi) is 9.10. The van der Waals surface area contributed by atoms with E-state index in [1.807, 2.05) is 42.2 Å². The Labute approximate surface area is 243 Å². The third kappa shape index (κ3) is 5.83. The van der Waals surface area contributed by atoms with Crippen molar-refractivity contribution in [1.29, 1.82) is 0 Å². The molecule has 2 fully saturated rings. The van der Waals surface area contributed by atoms with Crippen LogP contribution in [0.15, 0.2) is 48.5 Å². The van der Waals surface area contributed by atoms with E-state index < -0.39 is 35.5 Å². The molecule has 2 heterocycles. The van der Waals surface area contributed by atoms with Gasteiger partial charge in [0.1, 0.15) is 11.6 Å². The molecule has 10 nitrogen and oxygen atoms in total. The molecule has 2 aromatic rings. The van der Waals surface area contributed by atoms with Gasteiger partial charge in [-0.05, 0) is 50.5 Å². The fourth-order valence-electron chi connectivity index (χ4n) is 5.42. The lowest BCUT2D eigenvalue weighted by Gasteiger charge is -2.43. The number of piperidine rings is 1. The molecule has 2 saturated heterocycles. The van der Waals surface area contributed by atoms with Crippen LogP contribution in [-0.4, -0.2) is 82.6 Å². The second-order valence-electron chi connectivity index (χ2n) is 10.1. The molecule has 2 aliphatic heterocycles. The van der Waals surface area contributed by atoms with Gasteiger partial charge in [-0.2, -0.15) is 0 Å². The number of rotatable bonds is 8. The highest BCUT2D eigenvalue weighted by Gasteiger charge is 2.54. The number of carboxylic acid groups (broad SMARTS) is 1. The highest BCUT2D eigenvalue weighted by atomic mass is 35.5. The molecule has 1 spiro atoms. The number of nitrogens with zero attached hydrogens (tertiary/aromatic N) is 3. The first-order valence-corrected chi connectivity index (χ1v) is 14.0. The van der Waals surface area contributed by atoms with Crippen LogP contribution in [0.3, 0.4) is 0 Å². The van der Waals surface area contributed by atoms with E-state index in [0.29, 0.717) is 39.1 Å². The van der Waals surface area contributed by atoms with E-state index in [1.54, 1.807) is 11.0 Å². The summed E-state index contributed by atoms with van der Waals surface area (Å²) in [5.74, 6) is -2.02. The molecule has 0 aliphatic carbocycles. The molecule has 4 amide bonds. The number of benzene rings is 2. The highest BCUT2D eigenvalue weighted by Crippen LogP contribution is 2.39. The van der Waals surface area contributed by atoms with Crippen molar-refractivity contribution >= 4 is 52.7 Å². The molecular weight excluding hydrogens is 557 g/mol. The van der Waals surface area contributed by atoms with Gasteiger partial charge in [-0.3, -0.25) is 9.59 Å². The van der Waals surface area contributed by atoms with E-state index in [4.69, 9.17) is 23.2 Å². The molecule has 2 unspecified atom stereocenters. The van der Waals surface area contributed by atoms with Gasteiger partial charge in [-0.1, -0.05) is 54.4 Å². The molecule has 2 aliphatic rings. The quantitative estimate of drug-likeness (QED) is 0.430. The first-order chi connectivity index (χ1) is 19.1. The summed E-state index contributed by atoms with van der Waals surface area (Å²) < 4.78 is 0. The molecule has 2 atom stereocenters. The normalized spacial score (nSPS) is 18.0. The summed E-state index contributed by atoms with van der Waals surface area (Å²) in [5.41, 5.74) is 0.169. The maximum atomic E-state index is 13.6. The SMILES string of the molecule is CCCN1CN(c2ccccc2)C2(CCN(C(=O)NC(C)C(NC(=O)c3c(Cl)cccc3Cl)C(=O)O)CC2)C1=O. The number of para-hydroxylation sites is 1. The Balaban J connectivity index is 1.43. The maximum Gasteiger partial charge on any atom is 0.328 e. The van der Waals surface area contributed by atoms with Crippen LogP contribution in [0.25, 0.3) is 0 Å². The average Bonchev–Trinajstić information content (AvgIpc) is 3.18. The van der Waals surface area contributed by atoms with Crippen molar-refractivity contribution in [3.8, 4) is 0 Å². The number of carbonyl (C=O) groups is 4. The summed E-state index contributed by atoms with van der Waals surface area (Å²) in [6, 6.07) is 11.4. The lowest BCUT2D eigenvalue weighted by molar-refractivity contribution is -0.140. The van der Waals surface area contributed by atoms with Crippen LogP contribution in [0.4, 0.5) is 10.5 Å². The summed E-state index contributed by atoms with van der Waals surface area (Å²) >= 11 is 12.2. The van der Waals surface area contributed by atoms with Gasteiger partial charge in [0.2, 0.25) is 5.91 Å². The van der Waals surface area contributed by atoms with Crippen LogP contribution in [-0.2, 0) is 9.59 Å². The van der Waals surface area contributed by atoms with Crippen LogP contribution in [0.5, 0.6) is 0 Å². The number of aliphatic carboxylic acids is 1. The predicted octanol–water partition coefficient (Wildman–Crippen LogP) is 3.83. The first kappa shape index (κ1) is 29.5. The van der Waals surface area contributed by atoms with Gasteiger partial charge >= 0.3 is 12.0 Å². The number of hydrogen-bond acceptors (Lipinski definition) is 5. The fraction of sp³-hybridized carbons (Fsp3) is 0.429. The highest BCUT2D eigenvalue weighted by molar-refractivity contribution is 6.39. The second kappa shape index (κ2) is 12.3. The molecule has 0 aromatic heterocycles. The van der Waals surface area contributed by atoms with E-state index in [9.17, 15) is 24.3 Å². The summed E-state index contributed by atoms with van der Waals surface area (Å²) in [7, 11) is 0. The Hall–Kier alpha value is -3.50. The summed E-state index contributed by atoms with van der Waals surface area (Å²) in [4.78, 5) is 57.1. The summed E-state index contributed by atoms with van der Waals surface area (Å²) in [6.07, 6.45) is 1.72. The Morgan fingerprint density at radius 2 is 1.62 bits per heavy atom. The Bertz CT molecular complexity index is 1250. The molecule has 0 bridgehead atoms. The van der Waals surface area contributed by atoms with E-state index >= 15 is 0 Å². The van der Waals surface area contributed by atoms with Gasteiger partial charge in [0.05, 0.1) is 28.3 Å². The van der Waals surface area contributed by atoms with Crippen molar-refractivity contribution in [2.45, 2.75) is 50.7 Å². The van der Waals surface area contributed by atoms with Crippen molar-refractivity contribution in [3.63, 3.8) is 0 Å². The smallest absolute Gasteiger partial charge is 0.328 e. The second-order valence-corrected chi connectivity index (χ2v) is 10.9. The third-order valence-corrected chi connectivity index (χ3v) is 8.18. The fourth-order valence-corrected chi connectivity index (χ4v) is 5.99. The van der Waals surface area contributed by atoms with Gasteiger partial charge < -0.3 is 30.4 Å². The van der Waals surface area contributed by atoms with Crippen LogP contribution in [0.1, 0.15) is 43.5 Å². The molecule has 2 aromatic carbocycles. The number of urea groups is 1. The number of anilines is 1.